The van der Waals surface area contributed by atoms with Crippen molar-refractivity contribution < 1.29 is 4.79 Å². The van der Waals surface area contributed by atoms with Crippen LogP contribution in [0.2, 0.25) is 0 Å². The smallest absolute Gasteiger partial charge is 0.223 e. The van der Waals surface area contributed by atoms with Gasteiger partial charge in [0.2, 0.25) is 5.91 Å². The minimum absolute atomic E-state index is 0.158. The summed E-state index contributed by atoms with van der Waals surface area (Å²) < 4.78 is 0. The van der Waals surface area contributed by atoms with Crippen LogP contribution in [0, 0.1) is 5.92 Å². The molecule has 0 saturated heterocycles. The molecular formula is C24H31N3O. The zero-order valence-electron chi connectivity index (χ0n) is 17.0. The lowest BCUT2D eigenvalue weighted by Crippen LogP contribution is -2.39. The van der Waals surface area contributed by atoms with Crippen molar-refractivity contribution in [3.63, 3.8) is 0 Å². The second kappa shape index (κ2) is 8.26. The van der Waals surface area contributed by atoms with Crippen LogP contribution >= 0.6 is 0 Å². The summed E-state index contributed by atoms with van der Waals surface area (Å²) in [6, 6.07) is 17.6. The summed E-state index contributed by atoms with van der Waals surface area (Å²) in [6.45, 7) is 1.66. The molecule has 4 rings (SSSR count). The van der Waals surface area contributed by atoms with Crippen molar-refractivity contribution in [2.24, 2.45) is 5.92 Å². The SMILES string of the molecule is CN(C)c1ccc(C(CNC(=O)C2CCCC2)N2CCc3ccccc32)cc1. The highest BCUT2D eigenvalue weighted by Gasteiger charge is 2.29. The van der Waals surface area contributed by atoms with Crippen LogP contribution in [0.4, 0.5) is 11.4 Å². The van der Waals surface area contributed by atoms with E-state index < -0.39 is 0 Å². The number of rotatable bonds is 6. The van der Waals surface area contributed by atoms with Gasteiger partial charge in [-0.1, -0.05) is 43.2 Å². The Bertz CT molecular complexity index is 809. The number of nitrogens with zero attached hydrogens (tertiary/aromatic N) is 2. The predicted octanol–water partition coefficient (Wildman–Crippen LogP) is 4.16. The third-order valence-electron chi connectivity index (χ3n) is 6.29. The van der Waals surface area contributed by atoms with Crippen LogP contribution in [0.5, 0.6) is 0 Å². The Hall–Kier alpha value is -2.49. The maximum atomic E-state index is 12.6. The lowest BCUT2D eigenvalue weighted by Gasteiger charge is -2.32. The molecule has 1 unspecified atom stereocenters. The molecule has 148 valence electrons. The van der Waals surface area contributed by atoms with E-state index in [0.717, 1.165) is 25.8 Å². The Morgan fingerprint density at radius 2 is 1.82 bits per heavy atom. The van der Waals surface area contributed by atoms with Crippen LogP contribution in [0.1, 0.15) is 42.9 Å². The molecule has 0 bridgehead atoms. The molecule has 28 heavy (non-hydrogen) atoms. The van der Waals surface area contributed by atoms with E-state index in [2.05, 4.69) is 77.7 Å². The summed E-state index contributed by atoms with van der Waals surface area (Å²) in [5.41, 5.74) is 5.16. The van der Waals surface area contributed by atoms with Crippen LogP contribution in [-0.4, -0.2) is 33.1 Å². The van der Waals surface area contributed by atoms with Gasteiger partial charge in [-0.2, -0.15) is 0 Å². The zero-order valence-corrected chi connectivity index (χ0v) is 17.0. The first-order valence-electron chi connectivity index (χ1n) is 10.5. The minimum atomic E-state index is 0.158. The Morgan fingerprint density at radius 3 is 2.54 bits per heavy atom. The summed E-state index contributed by atoms with van der Waals surface area (Å²) in [5, 5.41) is 3.28. The molecule has 1 fully saturated rings. The molecule has 1 aliphatic heterocycles. The van der Waals surface area contributed by atoms with Gasteiger partial charge in [0.1, 0.15) is 0 Å². The molecule has 2 aromatic rings. The molecule has 0 aromatic heterocycles. The lowest BCUT2D eigenvalue weighted by atomic mass is 10.0. The number of benzene rings is 2. The third kappa shape index (κ3) is 3.87. The number of anilines is 2. The van der Waals surface area contributed by atoms with Gasteiger partial charge in [-0.05, 0) is 48.6 Å². The molecule has 4 nitrogen and oxygen atoms in total. The van der Waals surface area contributed by atoms with E-state index in [1.54, 1.807) is 0 Å². The van der Waals surface area contributed by atoms with Crippen molar-refractivity contribution in [3.8, 4) is 0 Å². The standard InChI is InChI=1S/C24H31N3O/c1-26(2)21-13-11-19(12-14-21)23(17-25-24(28)20-8-3-4-9-20)27-16-15-18-7-5-6-10-22(18)27/h5-7,10-14,20,23H,3-4,8-9,15-17H2,1-2H3,(H,25,28). The van der Waals surface area contributed by atoms with E-state index in [-0.39, 0.29) is 17.9 Å². The Balaban J connectivity index is 1.57. The maximum absolute atomic E-state index is 12.6. The van der Waals surface area contributed by atoms with Gasteiger partial charge in [-0.15, -0.1) is 0 Å². The first-order valence-corrected chi connectivity index (χ1v) is 10.5. The van der Waals surface area contributed by atoms with E-state index in [1.165, 1.54) is 35.3 Å². The van der Waals surface area contributed by atoms with Crippen molar-refractivity contribution in [2.75, 3.05) is 37.0 Å². The molecule has 2 aromatic carbocycles. The van der Waals surface area contributed by atoms with Gasteiger partial charge in [-0.3, -0.25) is 4.79 Å². The summed E-state index contributed by atoms with van der Waals surface area (Å²) in [6.07, 6.45) is 5.53. The highest BCUT2D eigenvalue weighted by atomic mass is 16.1. The zero-order chi connectivity index (χ0) is 19.5. The minimum Gasteiger partial charge on any atom is -0.378 e. The molecule has 1 saturated carbocycles. The number of carbonyl (C=O) groups is 1. The van der Waals surface area contributed by atoms with Crippen molar-refractivity contribution >= 4 is 17.3 Å². The predicted molar refractivity (Wildman–Crippen MR) is 116 cm³/mol. The number of hydrogen-bond donors (Lipinski definition) is 1. The fraction of sp³-hybridized carbons (Fsp3) is 0.458. The van der Waals surface area contributed by atoms with E-state index in [9.17, 15) is 4.79 Å². The molecule has 1 heterocycles. The Kier molecular flexibility index (Phi) is 5.56. The van der Waals surface area contributed by atoms with E-state index in [1.807, 2.05) is 0 Å². The largest absolute Gasteiger partial charge is 0.378 e. The normalized spacial score (nSPS) is 17.4. The first-order chi connectivity index (χ1) is 13.6. The van der Waals surface area contributed by atoms with Crippen molar-refractivity contribution in [2.45, 2.75) is 38.1 Å². The van der Waals surface area contributed by atoms with Crippen LogP contribution in [-0.2, 0) is 11.2 Å². The number of fused-ring (bicyclic) bond motifs is 1. The van der Waals surface area contributed by atoms with Gasteiger partial charge < -0.3 is 15.1 Å². The molecule has 0 spiro atoms. The van der Waals surface area contributed by atoms with E-state index in [4.69, 9.17) is 0 Å². The Labute approximate surface area is 168 Å². The monoisotopic (exact) mass is 377 g/mol. The van der Waals surface area contributed by atoms with Gasteiger partial charge in [0.25, 0.3) is 0 Å². The van der Waals surface area contributed by atoms with Crippen molar-refractivity contribution in [3.05, 3.63) is 59.7 Å². The number of carbonyl (C=O) groups excluding carboxylic acids is 1. The van der Waals surface area contributed by atoms with Gasteiger partial charge in [0.05, 0.1) is 6.04 Å². The molecule has 4 heteroatoms. The van der Waals surface area contributed by atoms with E-state index in [0.29, 0.717) is 6.54 Å². The Morgan fingerprint density at radius 1 is 1.11 bits per heavy atom. The number of amides is 1. The maximum Gasteiger partial charge on any atom is 0.223 e. The quantitative estimate of drug-likeness (QED) is 0.821. The fourth-order valence-electron chi connectivity index (χ4n) is 4.62. The summed E-state index contributed by atoms with van der Waals surface area (Å²) >= 11 is 0. The summed E-state index contributed by atoms with van der Waals surface area (Å²) in [4.78, 5) is 17.2. The second-order valence-electron chi connectivity index (χ2n) is 8.30. The summed E-state index contributed by atoms with van der Waals surface area (Å²) in [7, 11) is 4.12. The number of hydrogen-bond acceptors (Lipinski definition) is 3. The lowest BCUT2D eigenvalue weighted by molar-refractivity contribution is -0.124. The highest BCUT2D eigenvalue weighted by molar-refractivity contribution is 5.79. The average molecular weight is 378 g/mol. The number of nitrogens with one attached hydrogen (secondary N) is 1. The van der Waals surface area contributed by atoms with Crippen LogP contribution in [0.15, 0.2) is 48.5 Å². The van der Waals surface area contributed by atoms with Crippen LogP contribution in [0.25, 0.3) is 0 Å². The third-order valence-corrected chi connectivity index (χ3v) is 6.29. The topological polar surface area (TPSA) is 35.6 Å². The van der Waals surface area contributed by atoms with Crippen LogP contribution in [0.3, 0.4) is 0 Å². The molecular weight excluding hydrogens is 346 g/mol. The number of para-hydroxylation sites is 1. The first kappa shape index (κ1) is 18.9. The molecule has 2 aliphatic rings. The van der Waals surface area contributed by atoms with Gasteiger partial charge in [0, 0.05) is 44.5 Å². The van der Waals surface area contributed by atoms with Crippen molar-refractivity contribution in [1.82, 2.24) is 5.32 Å². The average Bonchev–Trinajstić information content (AvgIpc) is 3.39. The van der Waals surface area contributed by atoms with Crippen molar-refractivity contribution in [1.29, 1.82) is 0 Å². The molecule has 1 N–H and O–H groups in total. The van der Waals surface area contributed by atoms with Gasteiger partial charge in [-0.25, -0.2) is 0 Å². The van der Waals surface area contributed by atoms with E-state index >= 15 is 0 Å². The fourth-order valence-corrected chi connectivity index (χ4v) is 4.62. The summed E-state index contributed by atoms with van der Waals surface area (Å²) in [5.74, 6) is 0.447. The molecule has 1 atom stereocenters. The van der Waals surface area contributed by atoms with Gasteiger partial charge >= 0.3 is 0 Å². The van der Waals surface area contributed by atoms with Crippen LogP contribution < -0.4 is 15.1 Å². The highest BCUT2D eigenvalue weighted by Crippen LogP contribution is 2.35. The van der Waals surface area contributed by atoms with Gasteiger partial charge in [0.15, 0.2) is 0 Å². The molecule has 1 amide bonds. The molecule has 0 radical (unpaired) electrons. The second-order valence-corrected chi connectivity index (χ2v) is 8.30. The molecule has 1 aliphatic carbocycles.